The van der Waals surface area contributed by atoms with Crippen LogP contribution in [-0.2, 0) is 0 Å². The summed E-state index contributed by atoms with van der Waals surface area (Å²) in [6.07, 6.45) is 4.29. The number of nitrogens with zero attached hydrogens (tertiary/aromatic N) is 1. The number of rotatable bonds is 3. The van der Waals surface area contributed by atoms with Crippen LogP contribution in [0.4, 0.5) is 0 Å². The molecule has 5 heteroatoms. The van der Waals surface area contributed by atoms with E-state index in [9.17, 15) is 4.79 Å². The van der Waals surface area contributed by atoms with Gasteiger partial charge in [0.15, 0.2) is 0 Å². The zero-order chi connectivity index (χ0) is 14.0. The number of nitrogens with two attached hydrogens (primary N) is 1. The predicted molar refractivity (Wildman–Crippen MR) is 76.1 cm³/mol. The van der Waals surface area contributed by atoms with Gasteiger partial charge >= 0.3 is 0 Å². The molecule has 0 aliphatic heterocycles. The lowest BCUT2D eigenvalue weighted by Gasteiger charge is -2.29. The number of hydrogen-bond donors (Lipinski definition) is 3. The Morgan fingerprint density at radius 1 is 1.32 bits per heavy atom. The summed E-state index contributed by atoms with van der Waals surface area (Å²) in [5.41, 5.74) is 7.44. The Morgan fingerprint density at radius 2 is 1.95 bits per heavy atom. The van der Waals surface area contributed by atoms with Gasteiger partial charge in [0.05, 0.1) is 5.56 Å². The van der Waals surface area contributed by atoms with Crippen LogP contribution in [0.15, 0.2) is 4.79 Å². The van der Waals surface area contributed by atoms with Gasteiger partial charge in [-0.25, -0.2) is 4.98 Å². The van der Waals surface area contributed by atoms with E-state index in [0.29, 0.717) is 17.9 Å². The van der Waals surface area contributed by atoms with E-state index < -0.39 is 0 Å². The van der Waals surface area contributed by atoms with Gasteiger partial charge in [0.2, 0.25) is 0 Å². The van der Waals surface area contributed by atoms with Crippen molar-refractivity contribution in [1.29, 1.82) is 0 Å². The van der Waals surface area contributed by atoms with E-state index in [4.69, 9.17) is 5.73 Å². The Morgan fingerprint density at radius 3 is 2.53 bits per heavy atom. The fourth-order valence-electron chi connectivity index (χ4n) is 2.97. The summed E-state index contributed by atoms with van der Waals surface area (Å²) in [6, 6.07) is 0.825. The van der Waals surface area contributed by atoms with Crippen molar-refractivity contribution in [2.24, 2.45) is 5.73 Å². The number of aryl methyl sites for hydroxylation is 2. The molecule has 1 aromatic heterocycles. The van der Waals surface area contributed by atoms with Crippen molar-refractivity contribution in [2.45, 2.75) is 64.6 Å². The summed E-state index contributed by atoms with van der Waals surface area (Å²) >= 11 is 0. The lowest BCUT2D eigenvalue weighted by Crippen LogP contribution is -2.40. The van der Waals surface area contributed by atoms with E-state index in [1.165, 1.54) is 0 Å². The van der Waals surface area contributed by atoms with Crippen LogP contribution in [0.2, 0.25) is 0 Å². The van der Waals surface area contributed by atoms with E-state index in [-0.39, 0.29) is 11.6 Å². The number of hydrogen-bond acceptors (Lipinski definition) is 4. The summed E-state index contributed by atoms with van der Waals surface area (Å²) in [5, 5.41) is 3.54. The molecule has 0 amide bonds. The molecule has 1 heterocycles. The van der Waals surface area contributed by atoms with Crippen molar-refractivity contribution in [3.8, 4) is 0 Å². The molecule has 0 spiro atoms. The van der Waals surface area contributed by atoms with Crippen LogP contribution in [0.3, 0.4) is 0 Å². The molecule has 1 aliphatic rings. The van der Waals surface area contributed by atoms with Gasteiger partial charge < -0.3 is 16.0 Å². The van der Waals surface area contributed by atoms with Crippen molar-refractivity contribution < 1.29 is 0 Å². The third-order valence-electron chi connectivity index (χ3n) is 3.95. The Balaban J connectivity index is 2.08. The first-order valence-electron chi connectivity index (χ1n) is 7.06. The fourth-order valence-corrected chi connectivity index (χ4v) is 2.97. The molecule has 2 rings (SSSR count). The van der Waals surface area contributed by atoms with Crippen LogP contribution in [0, 0.1) is 13.8 Å². The van der Waals surface area contributed by atoms with Crippen LogP contribution in [0.25, 0.3) is 0 Å². The maximum absolute atomic E-state index is 12.0. The highest BCUT2D eigenvalue weighted by Gasteiger charge is 2.22. The Bertz CT molecular complexity index is 489. The highest BCUT2D eigenvalue weighted by molar-refractivity contribution is 5.20. The number of aromatic amines is 1. The second-order valence-corrected chi connectivity index (χ2v) is 5.65. The van der Waals surface area contributed by atoms with Gasteiger partial charge in [-0.3, -0.25) is 4.79 Å². The van der Waals surface area contributed by atoms with Gasteiger partial charge in [0.25, 0.3) is 5.56 Å². The SMILES string of the molecule is Cc1nc(C)c(C(C)NC2CCC(N)CC2)c(=O)[nH]1. The average molecular weight is 264 g/mol. The molecule has 1 unspecified atom stereocenters. The van der Waals surface area contributed by atoms with E-state index >= 15 is 0 Å². The normalized spacial score (nSPS) is 25.3. The standard InChI is InChI=1S/C14H24N4O/c1-8-13(14(19)18-10(3)16-8)9(2)17-12-6-4-11(15)5-7-12/h9,11-12,17H,4-7,15H2,1-3H3,(H,16,18,19). The van der Waals surface area contributed by atoms with Crippen LogP contribution in [-0.4, -0.2) is 22.1 Å². The summed E-state index contributed by atoms with van der Waals surface area (Å²) in [6.45, 7) is 5.73. The molecule has 1 aliphatic carbocycles. The molecule has 1 saturated carbocycles. The van der Waals surface area contributed by atoms with Crippen LogP contribution in [0.5, 0.6) is 0 Å². The van der Waals surface area contributed by atoms with E-state index in [2.05, 4.69) is 15.3 Å². The van der Waals surface area contributed by atoms with Crippen molar-refractivity contribution in [1.82, 2.24) is 15.3 Å². The summed E-state index contributed by atoms with van der Waals surface area (Å²) in [4.78, 5) is 19.2. The quantitative estimate of drug-likeness (QED) is 0.768. The molecule has 19 heavy (non-hydrogen) atoms. The molecule has 0 aromatic carbocycles. The fraction of sp³-hybridized carbons (Fsp3) is 0.714. The topological polar surface area (TPSA) is 83.8 Å². The van der Waals surface area contributed by atoms with Gasteiger partial charge in [-0.05, 0) is 46.5 Å². The summed E-state index contributed by atoms with van der Waals surface area (Å²) in [5.74, 6) is 0.669. The molecular formula is C14H24N4O. The monoisotopic (exact) mass is 264 g/mol. The molecular weight excluding hydrogens is 240 g/mol. The van der Waals surface area contributed by atoms with E-state index in [0.717, 1.165) is 36.9 Å². The lowest BCUT2D eigenvalue weighted by atomic mass is 9.91. The first-order valence-corrected chi connectivity index (χ1v) is 7.06. The first kappa shape index (κ1) is 14.2. The Hall–Kier alpha value is -1.20. The number of H-pyrrole nitrogens is 1. The van der Waals surface area contributed by atoms with Crippen molar-refractivity contribution in [3.05, 3.63) is 27.4 Å². The summed E-state index contributed by atoms with van der Waals surface area (Å²) in [7, 11) is 0. The highest BCUT2D eigenvalue weighted by Crippen LogP contribution is 2.20. The molecule has 1 aromatic rings. The number of nitrogens with one attached hydrogen (secondary N) is 2. The van der Waals surface area contributed by atoms with Gasteiger partial charge in [0, 0.05) is 23.8 Å². The summed E-state index contributed by atoms with van der Waals surface area (Å²) < 4.78 is 0. The third-order valence-corrected chi connectivity index (χ3v) is 3.95. The second kappa shape index (κ2) is 5.84. The van der Waals surface area contributed by atoms with E-state index in [1.807, 2.05) is 13.8 Å². The molecule has 4 N–H and O–H groups in total. The van der Waals surface area contributed by atoms with Gasteiger partial charge in [-0.1, -0.05) is 0 Å². The Kier molecular flexibility index (Phi) is 4.37. The maximum Gasteiger partial charge on any atom is 0.255 e. The van der Waals surface area contributed by atoms with E-state index in [1.54, 1.807) is 6.92 Å². The van der Waals surface area contributed by atoms with Crippen molar-refractivity contribution >= 4 is 0 Å². The zero-order valence-electron chi connectivity index (χ0n) is 12.0. The van der Waals surface area contributed by atoms with Crippen molar-refractivity contribution in [2.75, 3.05) is 0 Å². The third kappa shape index (κ3) is 3.42. The molecule has 1 atom stereocenters. The molecule has 5 nitrogen and oxygen atoms in total. The average Bonchev–Trinajstić information content (AvgIpc) is 2.30. The zero-order valence-corrected chi connectivity index (χ0v) is 12.0. The minimum atomic E-state index is -0.0301. The highest BCUT2D eigenvalue weighted by atomic mass is 16.1. The minimum Gasteiger partial charge on any atom is -0.328 e. The smallest absolute Gasteiger partial charge is 0.255 e. The lowest BCUT2D eigenvalue weighted by molar-refractivity contribution is 0.321. The minimum absolute atomic E-state index is 0.0242. The molecule has 0 radical (unpaired) electrons. The van der Waals surface area contributed by atoms with Crippen LogP contribution < -0.4 is 16.6 Å². The molecule has 0 bridgehead atoms. The number of aromatic nitrogens is 2. The Labute approximate surface area is 114 Å². The van der Waals surface area contributed by atoms with Crippen LogP contribution >= 0.6 is 0 Å². The van der Waals surface area contributed by atoms with Gasteiger partial charge in [0.1, 0.15) is 5.82 Å². The van der Waals surface area contributed by atoms with Crippen molar-refractivity contribution in [3.63, 3.8) is 0 Å². The van der Waals surface area contributed by atoms with Crippen LogP contribution in [0.1, 0.15) is 55.7 Å². The largest absolute Gasteiger partial charge is 0.328 e. The van der Waals surface area contributed by atoms with Gasteiger partial charge in [-0.2, -0.15) is 0 Å². The molecule has 0 saturated heterocycles. The maximum atomic E-state index is 12.0. The van der Waals surface area contributed by atoms with Gasteiger partial charge in [-0.15, -0.1) is 0 Å². The second-order valence-electron chi connectivity index (χ2n) is 5.65. The molecule has 1 fully saturated rings. The predicted octanol–water partition coefficient (Wildman–Crippen LogP) is 1.31. The molecule has 106 valence electrons. The first-order chi connectivity index (χ1) is 8.97.